The SMILES string of the molecule is O=C(CN(Cc1ccc(Cl)c(Cl)c1)S(=O)(=O)c1ccc(Br)cc1)N/N=C/c1cccc(Cl)c1Cl. The molecule has 6 nitrogen and oxygen atoms in total. The van der Waals surface area contributed by atoms with Gasteiger partial charge >= 0.3 is 0 Å². The number of carbonyl (C=O) groups is 1. The summed E-state index contributed by atoms with van der Waals surface area (Å²) < 4.78 is 28.4. The van der Waals surface area contributed by atoms with E-state index in [2.05, 4.69) is 26.5 Å². The van der Waals surface area contributed by atoms with Crippen LogP contribution in [0.4, 0.5) is 0 Å². The minimum absolute atomic E-state index is 0.0257. The van der Waals surface area contributed by atoms with E-state index in [4.69, 9.17) is 46.4 Å². The molecule has 3 aromatic carbocycles. The zero-order valence-electron chi connectivity index (χ0n) is 17.2. The highest BCUT2D eigenvalue weighted by atomic mass is 79.9. The highest BCUT2D eigenvalue weighted by Gasteiger charge is 2.27. The monoisotopic (exact) mass is 621 g/mol. The van der Waals surface area contributed by atoms with Crippen LogP contribution in [0, 0.1) is 0 Å². The zero-order chi connectivity index (χ0) is 24.9. The van der Waals surface area contributed by atoms with E-state index in [0.717, 1.165) is 4.31 Å². The first-order valence-corrected chi connectivity index (χ1v) is 13.3. The van der Waals surface area contributed by atoms with E-state index >= 15 is 0 Å². The second-order valence-corrected chi connectivity index (χ2v) is 11.4. The Morgan fingerprint density at radius 3 is 2.35 bits per heavy atom. The van der Waals surface area contributed by atoms with Gasteiger partial charge in [-0.25, -0.2) is 13.8 Å². The van der Waals surface area contributed by atoms with Gasteiger partial charge in [0.2, 0.25) is 10.0 Å². The van der Waals surface area contributed by atoms with Crippen LogP contribution in [-0.4, -0.2) is 31.4 Å². The van der Waals surface area contributed by atoms with Gasteiger partial charge in [0.25, 0.3) is 5.91 Å². The Hall–Kier alpha value is -1.65. The van der Waals surface area contributed by atoms with Gasteiger partial charge in [0, 0.05) is 16.6 Å². The van der Waals surface area contributed by atoms with E-state index in [9.17, 15) is 13.2 Å². The van der Waals surface area contributed by atoms with Gasteiger partial charge in [-0.15, -0.1) is 0 Å². The van der Waals surface area contributed by atoms with Gasteiger partial charge in [-0.05, 0) is 48.0 Å². The van der Waals surface area contributed by atoms with Crippen molar-refractivity contribution in [3.05, 3.63) is 96.4 Å². The second-order valence-electron chi connectivity index (χ2n) is 6.91. The van der Waals surface area contributed by atoms with Crippen molar-refractivity contribution in [1.29, 1.82) is 0 Å². The van der Waals surface area contributed by atoms with E-state index in [0.29, 0.717) is 25.6 Å². The third kappa shape index (κ3) is 6.95. The Kier molecular flexibility index (Phi) is 9.40. The standard InChI is InChI=1S/C22H16BrCl4N3O3S/c23-16-5-7-17(8-6-16)34(32,33)30(12-14-4-9-18(24)20(26)10-14)13-21(31)29-28-11-15-2-1-3-19(25)22(15)27/h1-11H,12-13H2,(H,29,31)/b28-11+. The number of rotatable bonds is 8. The van der Waals surface area contributed by atoms with Crippen molar-refractivity contribution in [1.82, 2.24) is 9.73 Å². The molecule has 0 saturated heterocycles. The minimum Gasteiger partial charge on any atom is -0.272 e. The van der Waals surface area contributed by atoms with Crippen LogP contribution in [0.25, 0.3) is 0 Å². The number of amides is 1. The predicted molar refractivity (Wildman–Crippen MR) is 140 cm³/mol. The molecule has 0 bridgehead atoms. The zero-order valence-corrected chi connectivity index (χ0v) is 22.6. The first kappa shape index (κ1) is 26.9. The lowest BCUT2D eigenvalue weighted by Crippen LogP contribution is -2.39. The number of hydrazone groups is 1. The molecule has 1 amide bonds. The summed E-state index contributed by atoms with van der Waals surface area (Å²) in [6.45, 7) is -0.619. The maximum Gasteiger partial charge on any atom is 0.255 e. The van der Waals surface area contributed by atoms with Crippen molar-refractivity contribution in [2.45, 2.75) is 11.4 Å². The third-order valence-electron chi connectivity index (χ3n) is 4.49. The van der Waals surface area contributed by atoms with Gasteiger partial charge in [0.1, 0.15) is 0 Å². The van der Waals surface area contributed by atoms with Crippen LogP contribution in [0.3, 0.4) is 0 Å². The summed E-state index contributed by atoms with van der Waals surface area (Å²) in [7, 11) is -4.04. The van der Waals surface area contributed by atoms with Gasteiger partial charge in [-0.2, -0.15) is 9.41 Å². The molecule has 178 valence electrons. The number of hydrogen-bond acceptors (Lipinski definition) is 4. The molecule has 0 radical (unpaired) electrons. The average Bonchev–Trinajstić information content (AvgIpc) is 2.79. The molecule has 1 N–H and O–H groups in total. The number of halogens is 5. The molecule has 0 aromatic heterocycles. The first-order chi connectivity index (χ1) is 16.1. The summed E-state index contributed by atoms with van der Waals surface area (Å²) in [6, 6.07) is 15.8. The molecule has 0 heterocycles. The van der Waals surface area contributed by atoms with Crippen LogP contribution in [0.15, 0.2) is 75.1 Å². The van der Waals surface area contributed by atoms with Crippen LogP contribution in [0.1, 0.15) is 11.1 Å². The Bertz CT molecular complexity index is 1340. The van der Waals surface area contributed by atoms with Gasteiger partial charge in [0.05, 0.1) is 37.7 Å². The molecule has 0 aliphatic carbocycles. The molecule has 0 fully saturated rings. The number of nitrogens with one attached hydrogen (secondary N) is 1. The van der Waals surface area contributed by atoms with Gasteiger partial charge in [-0.3, -0.25) is 4.79 Å². The van der Waals surface area contributed by atoms with Crippen LogP contribution in [-0.2, 0) is 21.4 Å². The van der Waals surface area contributed by atoms with Crippen LogP contribution < -0.4 is 5.43 Å². The highest BCUT2D eigenvalue weighted by molar-refractivity contribution is 9.10. The van der Waals surface area contributed by atoms with E-state index < -0.39 is 22.5 Å². The normalized spacial score (nSPS) is 11.8. The van der Waals surface area contributed by atoms with E-state index in [1.807, 2.05) is 0 Å². The fourth-order valence-corrected chi connectivity index (χ4v) is 5.14. The van der Waals surface area contributed by atoms with Crippen molar-refractivity contribution in [2.75, 3.05) is 6.54 Å². The Morgan fingerprint density at radius 1 is 0.971 bits per heavy atom. The molecule has 12 heteroatoms. The van der Waals surface area contributed by atoms with E-state index in [-0.39, 0.29) is 21.5 Å². The van der Waals surface area contributed by atoms with Crippen molar-refractivity contribution in [3.8, 4) is 0 Å². The van der Waals surface area contributed by atoms with Crippen molar-refractivity contribution >= 4 is 84.5 Å². The minimum atomic E-state index is -4.04. The fraction of sp³-hybridized carbons (Fsp3) is 0.0909. The van der Waals surface area contributed by atoms with Crippen molar-refractivity contribution in [2.24, 2.45) is 5.10 Å². The lowest BCUT2D eigenvalue weighted by atomic mass is 10.2. The molecule has 0 aliphatic heterocycles. The average molecular weight is 624 g/mol. The lowest BCUT2D eigenvalue weighted by molar-refractivity contribution is -0.121. The largest absolute Gasteiger partial charge is 0.272 e. The number of carbonyl (C=O) groups excluding carboxylic acids is 1. The summed E-state index contributed by atoms with van der Waals surface area (Å²) in [5.74, 6) is -0.657. The van der Waals surface area contributed by atoms with Gasteiger partial charge in [0.15, 0.2) is 0 Å². The summed E-state index contributed by atoms with van der Waals surface area (Å²) in [5.41, 5.74) is 3.36. The van der Waals surface area contributed by atoms with Gasteiger partial charge in [-0.1, -0.05) is 80.5 Å². The van der Waals surface area contributed by atoms with Crippen molar-refractivity contribution in [3.63, 3.8) is 0 Å². The molecule has 3 aromatic rings. The quantitative estimate of drug-likeness (QED) is 0.233. The Labute approximate surface area is 225 Å². The third-order valence-corrected chi connectivity index (χ3v) is 8.40. The van der Waals surface area contributed by atoms with Crippen LogP contribution in [0.2, 0.25) is 20.1 Å². The predicted octanol–water partition coefficient (Wildman–Crippen LogP) is 6.40. The van der Waals surface area contributed by atoms with E-state index in [1.165, 1.54) is 18.3 Å². The molecule has 0 saturated carbocycles. The van der Waals surface area contributed by atoms with E-state index in [1.54, 1.807) is 48.5 Å². The maximum absolute atomic E-state index is 13.3. The molecule has 0 aliphatic rings. The first-order valence-electron chi connectivity index (χ1n) is 9.53. The second kappa shape index (κ2) is 11.9. The summed E-state index contributed by atoms with van der Waals surface area (Å²) in [6.07, 6.45) is 1.32. The molecule has 3 rings (SSSR count). The van der Waals surface area contributed by atoms with Crippen LogP contribution >= 0.6 is 62.3 Å². The summed E-state index contributed by atoms with van der Waals surface area (Å²) in [4.78, 5) is 12.6. The number of benzene rings is 3. The molecular weight excluding hydrogens is 608 g/mol. The van der Waals surface area contributed by atoms with Crippen LogP contribution in [0.5, 0.6) is 0 Å². The lowest BCUT2D eigenvalue weighted by Gasteiger charge is -2.22. The maximum atomic E-state index is 13.3. The molecular formula is C22H16BrCl4N3O3S. The highest BCUT2D eigenvalue weighted by Crippen LogP contribution is 2.26. The fourth-order valence-electron chi connectivity index (χ4n) is 2.81. The Morgan fingerprint density at radius 2 is 1.68 bits per heavy atom. The molecule has 0 unspecified atom stereocenters. The molecule has 34 heavy (non-hydrogen) atoms. The molecule has 0 spiro atoms. The smallest absolute Gasteiger partial charge is 0.255 e. The Balaban J connectivity index is 1.83. The number of sulfonamides is 1. The molecule has 0 atom stereocenters. The summed E-state index contributed by atoms with van der Waals surface area (Å²) in [5, 5.41) is 5.08. The topological polar surface area (TPSA) is 78.8 Å². The number of hydrogen-bond donors (Lipinski definition) is 1. The van der Waals surface area contributed by atoms with Gasteiger partial charge < -0.3 is 0 Å². The van der Waals surface area contributed by atoms with Crippen molar-refractivity contribution < 1.29 is 13.2 Å². The summed E-state index contributed by atoms with van der Waals surface area (Å²) >= 11 is 27.4. The number of nitrogens with zero attached hydrogens (tertiary/aromatic N) is 2.